The molecule has 2 aromatic carbocycles. The summed E-state index contributed by atoms with van der Waals surface area (Å²) in [5, 5.41) is 0.371. The molecule has 0 atom stereocenters. The van der Waals surface area contributed by atoms with Gasteiger partial charge in [0, 0.05) is 22.6 Å². The Kier molecular flexibility index (Phi) is 4.11. The van der Waals surface area contributed by atoms with Crippen molar-refractivity contribution < 1.29 is 9.18 Å². The first-order chi connectivity index (χ1) is 8.68. The van der Waals surface area contributed by atoms with Crippen LogP contribution in [0.2, 0.25) is 5.02 Å². The Morgan fingerprint density at radius 1 is 1.06 bits per heavy atom. The monoisotopic (exact) mass is 262 g/mol. The van der Waals surface area contributed by atoms with E-state index >= 15 is 0 Å². The van der Waals surface area contributed by atoms with E-state index in [1.165, 1.54) is 6.07 Å². The fourth-order valence-corrected chi connectivity index (χ4v) is 2.04. The summed E-state index contributed by atoms with van der Waals surface area (Å²) >= 11 is 5.91. The van der Waals surface area contributed by atoms with Crippen molar-refractivity contribution in [3.05, 3.63) is 70.5 Å². The van der Waals surface area contributed by atoms with Crippen LogP contribution >= 0.6 is 11.6 Å². The summed E-state index contributed by atoms with van der Waals surface area (Å²) in [5.41, 5.74) is 1.05. The summed E-state index contributed by atoms with van der Waals surface area (Å²) in [6, 6.07) is 13.5. The van der Waals surface area contributed by atoms with Crippen LogP contribution in [0.5, 0.6) is 0 Å². The number of carbonyl (C=O) groups is 1. The topological polar surface area (TPSA) is 17.1 Å². The number of carbonyl (C=O) groups excluding carboxylic acids is 1. The van der Waals surface area contributed by atoms with E-state index < -0.39 is 0 Å². The van der Waals surface area contributed by atoms with Crippen LogP contribution in [0, 0.1) is 5.82 Å². The van der Waals surface area contributed by atoms with Crippen LogP contribution < -0.4 is 0 Å². The highest BCUT2D eigenvalue weighted by Gasteiger charge is 2.10. The number of hydrogen-bond acceptors (Lipinski definition) is 1. The maximum atomic E-state index is 13.5. The van der Waals surface area contributed by atoms with Crippen molar-refractivity contribution in [3.63, 3.8) is 0 Å². The summed E-state index contributed by atoms with van der Waals surface area (Å²) in [7, 11) is 0. The molecule has 0 radical (unpaired) electrons. The largest absolute Gasteiger partial charge is 0.294 e. The van der Waals surface area contributed by atoms with Crippen molar-refractivity contribution >= 4 is 17.4 Å². The van der Waals surface area contributed by atoms with Gasteiger partial charge in [-0.15, -0.1) is 0 Å². The highest BCUT2D eigenvalue weighted by atomic mass is 35.5. The minimum absolute atomic E-state index is 0.00470. The Labute approximate surface area is 110 Å². The van der Waals surface area contributed by atoms with E-state index in [9.17, 15) is 9.18 Å². The van der Waals surface area contributed by atoms with Crippen molar-refractivity contribution in [1.82, 2.24) is 0 Å². The third-order valence-corrected chi connectivity index (χ3v) is 3.11. The van der Waals surface area contributed by atoms with Gasteiger partial charge in [0.2, 0.25) is 0 Å². The van der Waals surface area contributed by atoms with Gasteiger partial charge >= 0.3 is 0 Å². The van der Waals surface area contributed by atoms with E-state index in [1.807, 2.05) is 18.2 Å². The van der Waals surface area contributed by atoms with E-state index in [2.05, 4.69) is 0 Å². The molecule has 0 saturated carbocycles. The molecule has 0 heterocycles. The van der Waals surface area contributed by atoms with Gasteiger partial charge in [0.25, 0.3) is 0 Å². The molecule has 18 heavy (non-hydrogen) atoms. The number of halogens is 2. The average Bonchev–Trinajstić information content (AvgIpc) is 2.39. The lowest BCUT2D eigenvalue weighted by atomic mass is 10.0. The lowest BCUT2D eigenvalue weighted by molar-refractivity contribution is 0.0982. The third-order valence-electron chi connectivity index (χ3n) is 2.76. The molecule has 0 N–H and O–H groups in total. The Morgan fingerprint density at radius 3 is 2.44 bits per heavy atom. The molecule has 0 unspecified atom stereocenters. The van der Waals surface area contributed by atoms with Crippen LogP contribution in [0.1, 0.15) is 22.3 Å². The normalized spacial score (nSPS) is 10.3. The minimum atomic E-state index is -0.358. The van der Waals surface area contributed by atoms with Crippen LogP contribution in [0.25, 0.3) is 0 Å². The van der Waals surface area contributed by atoms with Crippen LogP contribution in [0.15, 0.2) is 48.5 Å². The fraction of sp³-hybridized carbons (Fsp3) is 0.133. The first kappa shape index (κ1) is 12.8. The highest BCUT2D eigenvalue weighted by Crippen LogP contribution is 2.21. The van der Waals surface area contributed by atoms with Gasteiger partial charge in [-0.3, -0.25) is 4.79 Å². The summed E-state index contributed by atoms with van der Waals surface area (Å²) in [6.45, 7) is 0. The SMILES string of the molecule is O=C(CCc1c(F)cccc1Cl)c1ccccc1. The average molecular weight is 263 g/mol. The van der Waals surface area contributed by atoms with E-state index in [0.29, 0.717) is 22.6 Å². The first-order valence-electron chi connectivity index (χ1n) is 5.69. The second kappa shape index (κ2) is 5.78. The van der Waals surface area contributed by atoms with Crippen LogP contribution in [-0.4, -0.2) is 5.78 Å². The van der Waals surface area contributed by atoms with Crippen LogP contribution in [0.3, 0.4) is 0 Å². The smallest absolute Gasteiger partial charge is 0.163 e. The number of Topliss-reactive ketones (excluding diaryl/α,β-unsaturated/α-hetero) is 1. The van der Waals surface area contributed by atoms with E-state index in [4.69, 9.17) is 11.6 Å². The van der Waals surface area contributed by atoms with Crippen molar-refractivity contribution in [1.29, 1.82) is 0 Å². The zero-order valence-electron chi connectivity index (χ0n) is 9.70. The molecule has 0 aromatic heterocycles. The Hall–Kier alpha value is -1.67. The maximum Gasteiger partial charge on any atom is 0.163 e. The van der Waals surface area contributed by atoms with Crippen LogP contribution in [0.4, 0.5) is 4.39 Å². The number of hydrogen-bond donors (Lipinski definition) is 0. The summed E-state index contributed by atoms with van der Waals surface area (Å²) < 4.78 is 13.5. The Morgan fingerprint density at radius 2 is 1.78 bits per heavy atom. The number of ketones is 1. The van der Waals surface area contributed by atoms with Crippen LogP contribution in [-0.2, 0) is 6.42 Å². The van der Waals surface area contributed by atoms with Gasteiger partial charge in [-0.1, -0.05) is 48.0 Å². The van der Waals surface area contributed by atoms with Crippen molar-refractivity contribution in [2.75, 3.05) is 0 Å². The summed E-state index contributed by atoms with van der Waals surface area (Å²) in [5.74, 6) is -0.363. The van der Waals surface area contributed by atoms with Gasteiger partial charge in [0.05, 0.1) is 0 Å². The molecule has 3 heteroatoms. The molecule has 0 fully saturated rings. The summed E-state index contributed by atoms with van der Waals surface area (Å²) in [4.78, 5) is 11.9. The quantitative estimate of drug-likeness (QED) is 0.751. The van der Waals surface area contributed by atoms with Crippen molar-refractivity contribution in [2.45, 2.75) is 12.8 Å². The highest BCUT2D eigenvalue weighted by molar-refractivity contribution is 6.31. The first-order valence-corrected chi connectivity index (χ1v) is 6.07. The van der Waals surface area contributed by atoms with E-state index in [0.717, 1.165) is 0 Å². The molecule has 92 valence electrons. The molecule has 0 saturated heterocycles. The predicted molar refractivity (Wildman–Crippen MR) is 70.5 cm³/mol. The zero-order chi connectivity index (χ0) is 13.0. The van der Waals surface area contributed by atoms with E-state index in [1.54, 1.807) is 24.3 Å². The molecule has 0 aliphatic carbocycles. The molecule has 1 nitrogen and oxygen atoms in total. The fourth-order valence-electron chi connectivity index (χ4n) is 1.78. The molecule has 0 aliphatic heterocycles. The molecule has 0 aliphatic rings. The molecule has 2 aromatic rings. The number of rotatable bonds is 4. The standard InChI is InChI=1S/C15H12ClFO/c16-13-7-4-8-14(17)12(13)9-10-15(18)11-5-2-1-3-6-11/h1-8H,9-10H2. The summed E-state index contributed by atoms with van der Waals surface area (Å²) in [6.07, 6.45) is 0.573. The van der Waals surface area contributed by atoms with Gasteiger partial charge in [0.1, 0.15) is 5.82 Å². The third kappa shape index (κ3) is 2.96. The van der Waals surface area contributed by atoms with Crippen molar-refractivity contribution in [3.8, 4) is 0 Å². The lowest BCUT2D eigenvalue weighted by Gasteiger charge is -2.05. The van der Waals surface area contributed by atoms with Gasteiger partial charge in [-0.25, -0.2) is 4.39 Å². The van der Waals surface area contributed by atoms with Gasteiger partial charge in [-0.2, -0.15) is 0 Å². The lowest BCUT2D eigenvalue weighted by Crippen LogP contribution is -2.02. The maximum absolute atomic E-state index is 13.5. The van der Waals surface area contributed by atoms with Gasteiger partial charge in [-0.05, 0) is 18.6 Å². The van der Waals surface area contributed by atoms with Gasteiger partial charge in [0.15, 0.2) is 5.78 Å². The molecular formula is C15H12ClFO. The second-order valence-electron chi connectivity index (χ2n) is 3.99. The molecular weight excluding hydrogens is 251 g/mol. The molecule has 2 rings (SSSR count). The number of benzene rings is 2. The van der Waals surface area contributed by atoms with E-state index in [-0.39, 0.29) is 18.0 Å². The Bertz CT molecular complexity index is 531. The van der Waals surface area contributed by atoms with Gasteiger partial charge < -0.3 is 0 Å². The molecule has 0 amide bonds. The Balaban J connectivity index is 2.07. The minimum Gasteiger partial charge on any atom is -0.294 e. The predicted octanol–water partition coefficient (Wildman–Crippen LogP) is 4.29. The zero-order valence-corrected chi connectivity index (χ0v) is 10.5. The van der Waals surface area contributed by atoms with Crippen molar-refractivity contribution in [2.24, 2.45) is 0 Å². The second-order valence-corrected chi connectivity index (χ2v) is 4.40. The molecule has 0 bridgehead atoms. The molecule has 0 spiro atoms.